The average Bonchev–Trinajstić information content (AvgIpc) is 3.23. The number of likely N-dealkylation sites (tertiary alicyclic amines) is 1. The summed E-state index contributed by atoms with van der Waals surface area (Å²) in [5.41, 5.74) is 0.518. The van der Waals surface area contributed by atoms with Crippen molar-refractivity contribution in [1.82, 2.24) is 10.2 Å². The van der Waals surface area contributed by atoms with Crippen LogP contribution in [0.2, 0.25) is 0 Å². The molecule has 0 saturated carbocycles. The summed E-state index contributed by atoms with van der Waals surface area (Å²) in [6.07, 6.45) is 2.26. The van der Waals surface area contributed by atoms with Gasteiger partial charge in [-0.15, -0.1) is 0 Å². The number of carbonyl (C=O) groups excluding carboxylic acids is 2. The van der Waals surface area contributed by atoms with Crippen LogP contribution in [0.5, 0.6) is 11.5 Å². The van der Waals surface area contributed by atoms with Gasteiger partial charge < -0.3 is 19.7 Å². The zero-order valence-electron chi connectivity index (χ0n) is 12.9. The average molecular weight is 367 g/mol. The van der Waals surface area contributed by atoms with Crippen molar-refractivity contribution in [3.05, 3.63) is 18.2 Å². The number of amides is 3. The lowest BCUT2D eigenvalue weighted by Crippen LogP contribution is -2.36. The van der Waals surface area contributed by atoms with E-state index in [4.69, 9.17) is 21.7 Å². The first kappa shape index (κ1) is 16.8. The third-order valence-electron chi connectivity index (χ3n) is 3.57. The number of rotatable bonds is 3. The molecule has 0 unspecified atom stereocenters. The third-order valence-corrected chi connectivity index (χ3v) is 5.10. The summed E-state index contributed by atoms with van der Waals surface area (Å²) in [7, 11) is 0. The summed E-state index contributed by atoms with van der Waals surface area (Å²) >= 11 is 6.55. The van der Waals surface area contributed by atoms with Gasteiger partial charge in [0.1, 0.15) is 4.32 Å². The molecule has 1 fully saturated rings. The minimum Gasteiger partial charge on any atom is -0.454 e. The van der Waals surface area contributed by atoms with Crippen molar-refractivity contribution in [2.45, 2.75) is 12.8 Å². The van der Waals surface area contributed by atoms with Gasteiger partial charge >= 0.3 is 6.03 Å². The summed E-state index contributed by atoms with van der Waals surface area (Å²) in [5, 5.41) is 4.87. The van der Waals surface area contributed by atoms with Gasteiger partial charge in [-0.3, -0.25) is 10.1 Å². The highest BCUT2D eigenvalue weighted by Crippen LogP contribution is 2.34. The topological polar surface area (TPSA) is 79.9 Å². The Labute approximate surface area is 149 Å². The van der Waals surface area contributed by atoms with Crippen LogP contribution in [-0.2, 0) is 4.79 Å². The maximum Gasteiger partial charge on any atom is 0.325 e. The van der Waals surface area contributed by atoms with Crippen molar-refractivity contribution in [2.75, 3.05) is 31.0 Å². The van der Waals surface area contributed by atoms with Crippen LogP contribution in [-0.4, -0.2) is 46.8 Å². The van der Waals surface area contributed by atoms with E-state index in [0.29, 0.717) is 21.5 Å². The van der Waals surface area contributed by atoms with E-state index in [-0.39, 0.29) is 18.5 Å². The number of nitrogens with one attached hydrogen (secondary N) is 2. The number of ether oxygens (including phenoxy) is 2. The first-order chi connectivity index (χ1) is 11.6. The molecule has 0 aromatic heterocycles. The lowest BCUT2D eigenvalue weighted by molar-refractivity contribution is -0.117. The van der Waals surface area contributed by atoms with Crippen LogP contribution in [0.1, 0.15) is 12.8 Å². The molecule has 0 atom stereocenters. The molecule has 1 saturated heterocycles. The first-order valence-corrected chi connectivity index (χ1v) is 8.93. The van der Waals surface area contributed by atoms with Crippen LogP contribution in [0.3, 0.4) is 0 Å². The van der Waals surface area contributed by atoms with E-state index in [9.17, 15) is 9.59 Å². The maximum atomic E-state index is 11.9. The van der Waals surface area contributed by atoms with Gasteiger partial charge in [0, 0.05) is 24.8 Å². The van der Waals surface area contributed by atoms with Crippen LogP contribution in [0.25, 0.3) is 0 Å². The number of thiocarbonyl (C=S) groups is 1. The predicted molar refractivity (Wildman–Crippen MR) is 95.6 cm³/mol. The van der Waals surface area contributed by atoms with Gasteiger partial charge in [0.2, 0.25) is 12.7 Å². The van der Waals surface area contributed by atoms with E-state index >= 15 is 0 Å². The zero-order valence-corrected chi connectivity index (χ0v) is 14.5. The molecule has 7 nitrogen and oxygen atoms in total. The van der Waals surface area contributed by atoms with Crippen LogP contribution in [0, 0.1) is 0 Å². The summed E-state index contributed by atoms with van der Waals surface area (Å²) in [5.74, 6) is 0.915. The first-order valence-electron chi connectivity index (χ1n) is 7.54. The van der Waals surface area contributed by atoms with Crippen molar-refractivity contribution < 1.29 is 19.1 Å². The Hall–Kier alpha value is -2.00. The van der Waals surface area contributed by atoms with Gasteiger partial charge in [-0.05, 0) is 25.0 Å². The Kier molecular flexibility index (Phi) is 5.41. The standard InChI is InChI=1S/C15H17N3O4S2/c19-13(8-24-15(23)18-5-1-2-6-18)17-14(20)16-10-3-4-11-12(7-10)22-9-21-11/h3-4,7H,1-2,5-6,8-9H2,(H2,16,17,19,20). The van der Waals surface area contributed by atoms with E-state index in [1.165, 1.54) is 11.8 Å². The number of anilines is 1. The Balaban J connectivity index is 1.42. The minimum atomic E-state index is -0.591. The molecule has 0 spiro atoms. The fraction of sp³-hybridized carbons (Fsp3) is 0.400. The van der Waals surface area contributed by atoms with Gasteiger partial charge in [-0.25, -0.2) is 4.79 Å². The van der Waals surface area contributed by atoms with Crippen molar-refractivity contribution in [1.29, 1.82) is 0 Å². The molecule has 2 aliphatic rings. The number of imide groups is 1. The monoisotopic (exact) mass is 367 g/mol. The Bertz CT molecular complexity index is 662. The van der Waals surface area contributed by atoms with E-state index in [2.05, 4.69) is 15.5 Å². The molecule has 3 rings (SSSR count). The maximum absolute atomic E-state index is 11.9. The number of urea groups is 1. The largest absolute Gasteiger partial charge is 0.454 e. The third kappa shape index (κ3) is 4.30. The molecule has 1 aromatic carbocycles. The molecule has 1 aromatic rings. The Morgan fingerprint density at radius 2 is 1.96 bits per heavy atom. The fourth-order valence-electron chi connectivity index (χ4n) is 2.42. The van der Waals surface area contributed by atoms with Gasteiger partial charge in [-0.1, -0.05) is 24.0 Å². The van der Waals surface area contributed by atoms with E-state index in [1.807, 2.05) is 0 Å². The molecular formula is C15H17N3O4S2. The van der Waals surface area contributed by atoms with Crippen molar-refractivity contribution in [3.63, 3.8) is 0 Å². The number of thioether (sulfide) groups is 1. The molecule has 2 aliphatic heterocycles. The molecule has 3 amide bonds. The zero-order chi connectivity index (χ0) is 16.9. The van der Waals surface area contributed by atoms with E-state index in [0.717, 1.165) is 25.9 Å². The molecule has 0 aliphatic carbocycles. The summed E-state index contributed by atoms with van der Waals surface area (Å²) in [4.78, 5) is 25.8. The van der Waals surface area contributed by atoms with E-state index < -0.39 is 6.03 Å². The summed E-state index contributed by atoms with van der Waals surface area (Å²) in [6.45, 7) is 2.05. The second-order valence-corrected chi connectivity index (χ2v) is 6.93. The van der Waals surface area contributed by atoms with Crippen LogP contribution in [0.15, 0.2) is 18.2 Å². The second-order valence-electron chi connectivity index (χ2n) is 5.32. The predicted octanol–water partition coefficient (Wildman–Crippen LogP) is 2.18. The van der Waals surface area contributed by atoms with Crippen LogP contribution < -0.4 is 20.1 Å². The highest BCUT2D eigenvalue weighted by atomic mass is 32.2. The van der Waals surface area contributed by atoms with Gasteiger partial charge in [0.15, 0.2) is 11.5 Å². The Morgan fingerprint density at radius 1 is 1.21 bits per heavy atom. The second kappa shape index (κ2) is 7.71. The smallest absolute Gasteiger partial charge is 0.325 e. The summed E-state index contributed by atoms with van der Waals surface area (Å²) in [6, 6.07) is 4.43. The number of benzene rings is 1. The lowest BCUT2D eigenvalue weighted by Gasteiger charge is -2.17. The molecule has 0 radical (unpaired) electrons. The highest BCUT2D eigenvalue weighted by molar-refractivity contribution is 8.23. The van der Waals surface area contributed by atoms with Crippen molar-refractivity contribution >= 4 is 45.9 Å². The lowest BCUT2D eigenvalue weighted by atomic mass is 10.3. The van der Waals surface area contributed by atoms with Crippen LogP contribution in [0.4, 0.5) is 10.5 Å². The molecule has 128 valence electrons. The molecule has 2 heterocycles. The number of hydrogen-bond acceptors (Lipinski definition) is 6. The van der Waals surface area contributed by atoms with Gasteiger partial charge in [0.05, 0.1) is 5.75 Å². The number of carbonyl (C=O) groups is 2. The van der Waals surface area contributed by atoms with E-state index in [1.54, 1.807) is 18.2 Å². The molecule has 0 bridgehead atoms. The van der Waals surface area contributed by atoms with Gasteiger partial charge in [0.25, 0.3) is 0 Å². The number of nitrogens with zero attached hydrogens (tertiary/aromatic N) is 1. The highest BCUT2D eigenvalue weighted by Gasteiger charge is 2.18. The molecule has 24 heavy (non-hydrogen) atoms. The Morgan fingerprint density at radius 3 is 2.75 bits per heavy atom. The number of hydrogen-bond donors (Lipinski definition) is 2. The SMILES string of the molecule is O=C(CSC(=S)N1CCCC1)NC(=O)Nc1ccc2c(c1)OCO2. The molecule has 2 N–H and O–H groups in total. The normalized spacial score (nSPS) is 15.2. The summed E-state index contributed by atoms with van der Waals surface area (Å²) < 4.78 is 11.1. The number of fused-ring (bicyclic) bond motifs is 1. The van der Waals surface area contributed by atoms with Crippen molar-refractivity contribution in [2.24, 2.45) is 0 Å². The van der Waals surface area contributed by atoms with Crippen LogP contribution >= 0.6 is 24.0 Å². The van der Waals surface area contributed by atoms with Crippen molar-refractivity contribution in [3.8, 4) is 11.5 Å². The quantitative estimate of drug-likeness (QED) is 0.793. The minimum absolute atomic E-state index is 0.115. The van der Waals surface area contributed by atoms with Gasteiger partial charge in [-0.2, -0.15) is 0 Å². The molecular weight excluding hydrogens is 350 g/mol. The molecule has 9 heteroatoms. The fourth-order valence-corrected chi connectivity index (χ4v) is 3.47.